The molecule has 0 saturated carbocycles. The van der Waals surface area contributed by atoms with E-state index in [1.54, 1.807) is 24.3 Å². The number of hydrogen-bond acceptors (Lipinski definition) is 3. The zero-order valence-electron chi connectivity index (χ0n) is 12.0. The fourth-order valence-corrected chi connectivity index (χ4v) is 2.47. The second kappa shape index (κ2) is 5.14. The SMILES string of the molecule is COc1ccc(-c2cc3c(C(=O)O)n[nH]c3cc2C)c(F)c1. The molecule has 6 heteroatoms. The summed E-state index contributed by atoms with van der Waals surface area (Å²) in [7, 11) is 1.47. The van der Waals surface area contributed by atoms with E-state index in [4.69, 9.17) is 9.84 Å². The van der Waals surface area contributed by atoms with Gasteiger partial charge >= 0.3 is 5.97 Å². The Labute approximate surface area is 125 Å². The number of carbonyl (C=O) groups is 1. The number of ether oxygens (including phenoxy) is 1. The van der Waals surface area contributed by atoms with E-state index in [0.717, 1.165) is 5.56 Å². The van der Waals surface area contributed by atoms with Gasteiger partial charge in [0.25, 0.3) is 0 Å². The Morgan fingerprint density at radius 1 is 1.27 bits per heavy atom. The standard InChI is InChI=1S/C16H13FN2O3/c1-8-5-14-12(15(16(20)21)19-18-14)7-11(8)10-4-3-9(22-2)6-13(10)17/h3-7H,1-2H3,(H,18,19)(H,20,21). The van der Waals surface area contributed by atoms with E-state index in [9.17, 15) is 9.18 Å². The lowest BCUT2D eigenvalue weighted by Crippen LogP contribution is -1.97. The number of nitrogens with one attached hydrogen (secondary N) is 1. The number of fused-ring (bicyclic) bond motifs is 1. The lowest BCUT2D eigenvalue weighted by atomic mass is 9.97. The molecule has 0 atom stereocenters. The van der Waals surface area contributed by atoms with Crippen LogP contribution in [0.2, 0.25) is 0 Å². The first kappa shape index (κ1) is 14.1. The molecular weight excluding hydrogens is 287 g/mol. The second-order valence-corrected chi connectivity index (χ2v) is 4.94. The number of aromatic nitrogens is 2. The summed E-state index contributed by atoms with van der Waals surface area (Å²) in [4.78, 5) is 11.2. The van der Waals surface area contributed by atoms with Gasteiger partial charge in [0.15, 0.2) is 5.69 Å². The van der Waals surface area contributed by atoms with Gasteiger partial charge < -0.3 is 9.84 Å². The van der Waals surface area contributed by atoms with Crippen LogP contribution in [0.25, 0.3) is 22.0 Å². The maximum atomic E-state index is 14.3. The number of halogens is 1. The van der Waals surface area contributed by atoms with Crippen molar-refractivity contribution in [1.82, 2.24) is 10.2 Å². The van der Waals surface area contributed by atoms with Gasteiger partial charge in [-0.25, -0.2) is 9.18 Å². The number of aromatic amines is 1. The van der Waals surface area contributed by atoms with Crippen LogP contribution in [0.4, 0.5) is 4.39 Å². The molecule has 0 saturated heterocycles. The molecule has 112 valence electrons. The summed E-state index contributed by atoms with van der Waals surface area (Å²) in [5.74, 6) is -1.13. The monoisotopic (exact) mass is 300 g/mol. The lowest BCUT2D eigenvalue weighted by molar-refractivity contribution is 0.0692. The van der Waals surface area contributed by atoms with Crippen LogP contribution in [-0.2, 0) is 0 Å². The summed E-state index contributed by atoms with van der Waals surface area (Å²) >= 11 is 0. The molecule has 0 bridgehead atoms. The normalized spacial score (nSPS) is 10.9. The number of rotatable bonds is 3. The van der Waals surface area contributed by atoms with Crippen molar-refractivity contribution in [3.8, 4) is 16.9 Å². The molecule has 0 radical (unpaired) electrons. The Hall–Kier alpha value is -2.89. The topological polar surface area (TPSA) is 75.2 Å². The number of methoxy groups -OCH3 is 1. The Morgan fingerprint density at radius 3 is 2.68 bits per heavy atom. The van der Waals surface area contributed by atoms with Crippen molar-refractivity contribution >= 4 is 16.9 Å². The molecule has 2 aromatic carbocycles. The van der Waals surface area contributed by atoms with Crippen LogP contribution < -0.4 is 4.74 Å². The molecule has 0 spiro atoms. The predicted octanol–water partition coefficient (Wildman–Crippen LogP) is 3.38. The fraction of sp³-hybridized carbons (Fsp3) is 0.125. The summed E-state index contributed by atoms with van der Waals surface area (Å²) in [5, 5.41) is 16.1. The number of nitrogens with zero attached hydrogens (tertiary/aromatic N) is 1. The van der Waals surface area contributed by atoms with Gasteiger partial charge in [0.1, 0.15) is 11.6 Å². The second-order valence-electron chi connectivity index (χ2n) is 4.94. The van der Waals surface area contributed by atoms with Crippen LogP contribution in [0.3, 0.4) is 0 Å². The number of carboxylic acids is 1. The highest BCUT2D eigenvalue weighted by Gasteiger charge is 2.16. The van der Waals surface area contributed by atoms with Gasteiger partial charge in [-0.1, -0.05) is 0 Å². The average Bonchev–Trinajstić information content (AvgIpc) is 2.89. The lowest BCUT2D eigenvalue weighted by Gasteiger charge is -2.09. The van der Waals surface area contributed by atoms with Gasteiger partial charge in [0.05, 0.1) is 12.6 Å². The Kier molecular flexibility index (Phi) is 3.29. The quantitative estimate of drug-likeness (QED) is 0.777. The van der Waals surface area contributed by atoms with Crippen molar-refractivity contribution < 1.29 is 19.0 Å². The minimum absolute atomic E-state index is 0.0785. The third-order valence-corrected chi connectivity index (χ3v) is 3.58. The highest BCUT2D eigenvalue weighted by Crippen LogP contribution is 2.32. The smallest absolute Gasteiger partial charge is 0.357 e. The molecular formula is C16H13FN2O3. The predicted molar refractivity (Wildman–Crippen MR) is 79.7 cm³/mol. The Bertz CT molecular complexity index is 886. The van der Waals surface area contributed by atoms with E-state index in [2.05, 4.69) is 10.2 Å². The summed E-state index contributed by atoms with van der Waals surface area (Å²) in [6.07, 6.45) is 0. The van der Waals surface area contributed by atoms with E-state index in [1.807, 2.05) is 6.92 Å². The molecule has 0 aliphatic heterocycles. The molecule has 0 aliphatic carbocycles. The third kappa shape index (κ3) is 2.18. The van der Waals surface area contributed by atoms with Crippen LogP contribution in [0.15, 0.2) is 30.3 Å². The van der Waals surface area contributed by atoms with Crippen molar-refractivity contribution in [3.05, 3.63) is 47.4 Å². The van der Waals surface area contributed by atoms with Crippen molar-refractivity contribution in [2.24, 2.45) is 0 Å². The molecule has 2 N–H and O–H groups in total. The minimum Gasteiger partial charge on any atom is -0.497 e. The number of carboxylic acid groups (broad SMARTS) is 1. The summed E-state index contributed by atoms with van der Waals surface area (Å²) in [5.41, 5.74) is 2.35. The molecule has 1 aromatic heterocycles. The van der Waals surface area contributed by atoms with E-state index in [-0.39, 0.29) is 5.69 Å². The first-order chi connectivity index (χ1) is 10.5. The largest absolute Gasteiger partial charge is 0.497 e. The molecule has 1 heterocycles. The van der Waals surface area contributed by atoms with Gasteiger partial charge in [0, 0.05) is 17.0 Å². The van der Waals surface area contributed by atoms with Crippen LogP contribution in [-0.4, -0.2) is 28.4 Å². The maximum absolute atomic E-state index is 14.3. The Balaban J connectivity index is 2.24. The molecule has 3 aromatic rings. The van der Waals surface area contributed by atoms with Gasteiger partial charge in [-0.2, -0.15) is 5.10 Å². The van der Waals surface area contributed by atoms with Gasteiger partial charge in [-0.05, 0) is 42.3 Å². The Morgan fingerprint density at radius 2 is 2.05 bits per heavy atom. The van der Waals surface area contributed by atoms with Crippen LogP contribution in [0, 0.1) is 12.7 Å². The molecule has 0 amide bonds. The van der Waals surface area contributed by atoms with E-state index >= 15 is 0 Å². The van der Waals surface area contributed by atoms with Crippen molar-refractivity contribution in [2.45, 2.75) is 6.92 Å². The number of aryl methyl sites for hydroxylation is 1. The highest BCUT2D eigenvalue weighted by atomic mass is 19.1. The fourth-order valence-electron chi connectivity index (χ4n) is 2.47. The van der Waals surface area contributed by atoms with Crippen LogP contribution in [0.1, 0.15) is 16.1 Å². The van der Waals surface area contributed by atoms with E-state index in [0.29, 0.717) is 27.8 Å². The number of aromatic carboxylic acids is 1. The van der Waals surface area contributed by atoms with Crippen LogP contribution in [0.5, 0.6) is 5.75 Å². The number of benzene rings is 2. The zero-order valence-corrected chi connectivity index (χ0v) is 12.0. The zero-order chi connectivity index (χ0) is 15.9. The maximum Gasteiger partial charge on any atom is 0.357 e. The van der Waals surface area contributed by atoms with Gasteiger partial charge in [-0.15, -0.1) is 0 Å². The van der Waals surface area contributed by atoms with Crippen molar-refractivity contribution in [3.63, 3.8) is 0 Å². The summed E-state index contributed by atoms with van der Waals surface area (Å²) in [6, 6.07) is 7.97. The van der Waals surface area contributed by atoms with E-state index in [1.165, 1.54) is 13.2 Å². The summed E-state index contributed by atoms with van der Waals surface area (Å²) < 4.78 is 19.3. The number of hydrogen-bond donors (Lipinski definition) is 2. The van der Waals surface area contributed by atoms with Gasteiger partial charge in [0.2, 0.25) is 0 Å². The van der Waals surface area contributed by atoms with E-state index < -0.39 is 11.8 Å². The highest BCUT2D eigenvalue weighted by molar-refractivity contribution is 6.02. The molecule has 0 unspecified atom stereocenters. The third-order valence-electron chi connectivity index (χ3n) is 3.58. The summed E-state index contributed by atoms with van der Waals surface area (Å²) in [6.45, 7) is 1.83. The molecule has 0 aliphatic rings. The molecule has 22 heavy (non-hydrogen) atoms. The minimum atomic E-state index is -1.13. The molecule has 3 rings (SSSR count). The first-order valence-electron chi connectivity index (χ1n) is 6.57. The molecule has 0 fully saturated rings. The molecule has 5 nitrogen and oxygen atoms in total. The average molecular weight is 300 g/mol. The van der Waals surface area contributed by atoms with Crippen LogP contribution >= 0.6 is 0 Å². The number of H-pyrrole nitrogens is 1. The first-order valence-corrected chi connectivity index (χ1v) is 6.57. The van der Waals surface area contributed by atoms with Gasteiger partial charge in [-0.3, -0.25) is 5.10 Å². The van der Waals surface area contributed by atoms with Crippen molar-refractivity contribution in [1.29, 1.82) is 0 Å². The van der Waals surface area contributed by atoms with Crippen molar-refractivity contribution in [2.75, 3.05) is 7.11 Å².